The normalized spacial score (nSPS) is 23.5. The van der Waals surface area contributed by atoms with Crippen LogP contribution in [0.2, 0.25) is 0 Å². The van der Waals surface area contributed by atoms with Crippen LogP contribution in [-0.4, -0.2) is 42.8 Å². The fourth-order valence-corrected chi connectivity index (χ4v) is 4.54. The summed E-state index contributed by atoms with van der Waals surface area (Å²) in [6.07, 6.45) is 0. The standard InChI is InChI=1S/C14H21N3O4S/c1-9-7-13(17(18)19)14(8-10(9)2)22(20,21)16-6-5-15-11(3)12(16)4/h7-8,11-12,15H,5-6H2,1-4H3. The molecule has 1 saturated heterocycles. The van der Waals surface area contributed by atoms with E-state index < -0.39 is 14.9 Å². The SMILES string of the molecule is Cc1cc([N+](=O)[O-])c(S(=O)(=O)N2CCNC(C)C2C)cc1C. The maximum absolute atomic E-state index is 12.9. The lowest BCUT2D eigenvalue weighted by molar-refractivity contribution is -0.387. The zero-order valence-electron chi connectivity index (χ0n) is 13.2. The quantitative estimate of drug-likeness (QED) is 0.672. The van der Waals surface area contributed by atoms with Crippen molar-refractivity contribution in [3.8, 4) is 0 Å². The van der Waals surface area contributed by atoms with E-state index in [0.717, 1.165) is 5.56 Å². The number of nitro groups is 1. The first-order valence-electron chi connectivity index (χ1n) is 7.17. The summed E-state index contributed by atoms with van der Waals surface area (Å²) in [6, 6.07) is 2.47. The van der Waals surface area contributed by atoms with Gasteiger partial charge in [-0.05, 0) is 44.9 Å². The van der Waals surface area contributed by atoms with E-state index in [1.54, 1.807) is 20.8 Å². The highest BCUT2D eigenvalue weighted by Gasteiger charge is 2.38. The van der Waals surface area contributed by atoms with Crippen LogP contribution in [0.4, 0.5) is 5.69 Å². The van der Waals surface area contributed by atoms with Crippen LogP contribution in [0.1, 0.15) is 25.0 Å². The van der Waals surface area contributed by atoms with E-state index in [9.17, 15) is 18.5 Å². The highest BCUT2D eigenvalue weighted by molar-refractivity contribution is 7.89. The van der Waals surface area contributed by atoms with Crippen molar-refractivity contribution in [1.29, 1.82) is 0 Å². The number of nitro benzene ring substituents is 1. The van der Waals surface area contributed by atoms with Gasteiger partial charge in [-0.15, -0.1) is 0 Å². The Balaban J connectivity index is 2.58. The molecule has 1 N–H and O–H groups in total. The molecule has 0 bridgehead atoms. The predicted molar refractivity (Wildman–Crippen MR) is 83.4 cm³/mol. The van der Waals surface area contributed by atoms with E-state index >= 15 is 0 Å². The Hall–Kier alpha value is -1.51. The Kier molecular flexibility index (Phi) is 4.55. The number of benzene rings is 1. The fraction of sp³-hybridized carbons (Fsp3) is 0.571. The van der Waals surface area contributed by atoms with Crippen molar-refractivity contribution in [2.45, 2.75) is 44.7 Å². The average molecular weight is 327 g/mol. The van der Waals surface area contributed by atoms with Gasteiger partial charge in [0.15, 0.2) is 4.90 Å². The number of hydrogen-bond donors (Lipinski definition) is 1. The van der Waals surface area contributed by atoms with Gasteiger partial charge in [-0.25, -0.2) is 8.42 Å². The highest BCUT2D eigenvalue weighted by Crippen LogP contribution is 2.31. The summed E-state index contributed by atoms with van der Waals surface area (Å²) in [5.74, 6) is 0. The molecule has 22 heavy (non-hydrogen) atoms. The summed E-state index contributed by atoms with van der Waals surface area (Å²) in [4.78, 5) is 10.4. The molecule has 1 fully saturated rings. The Labute approximate surface area is 130 Å². The average Bonchev–Trinajstić information content (AvgIpc) is 2.43. The van der Waals surface area contributed by atoms with Gasteiger partial charge in [0, 0.05) is 31.2 Å². The molecule has 1 aliphatic heterocycles. The van der Waals surface area contributed by atoms with E-state index in [-0.39, 0.29) is 22.7 Å². The third kappa shape index (κ3) is 2.86. The summed E-state index contributed by atoms with van der Waals surface area (Å²) in [7, 11) is -3.91. The molecule has 1 aliphatic rings. The Morgan fingerprint density at radius 3 is 2.45 bits per heavy atom. The lowest BCUT2D eigenvalue weighted by atomic mass is 10.1. The second-order valence-electron chi connectivity index (χ2n) is 5.76. The molecule has 0 aliphatic carbocycles. The molecular formula is C14H21N3O4S. The molecule has 8 heteroatoms. The maximum atomic E-state index is 12.9. The summed E-state index contributed by atoms with van der Waals surface area (Å²) in [5, 5.41) is 14.5. The van der Waals surface area contributed by atoms with Gasteiger partial charge in [0.2, 0.25) is 10.0 Å². The number of rotatable bonds is 3. The topological polar surface area (TPSA) is 92.5 Å². The van der Waals surface area contributed by atoms with Gasteiger partial charge in [0.25, 0.3) is 5.69 Å². The Morgan fingerprint density at radius 2 is 1.86 bits per heavy atom. The third-order valence-corrected chi connectivity index (χ3v) is 6.35. The third-order valence-electron chi connectivity index (χ3n) is 4.33. The Morgan fingerprint density at radius 1 is 1.27 bits per heavy atom. The molecule has 0 radical (unpaired) electrons. The number of nitrogens with zero attached hydrogens (tertiary/aromatic N) is 2. The highest BCUT2D eigenvalue weighted by atomic mass is 32.2. The molecule has 122 valence electrons. The van der Waals surface area contributed by atoms with Gasteiger partial charge in [-0.1, -0.05) is 0 Å². The van der Waals surface area contributed by atoms with Crippen LogP contribution in [0.15, 0.2) is 17.0 Å². The van der Waals surface area contributed by atoms with E-state index in [1.807, 2.05) is 6.92 Å². The molecule has 0 spiro atoms. The van der Waals surface area contributed by atoms with Crippen LogP contribution >= 0.6 is 0 Å². The van der Waals surface area contributed by atoms with E-state index in [4.69, 9.17) is 0 Å². The van der Waals surface area contributed by atoms with Crippen molar-refractivity contribution >= 4 is 15.7 Å². The number of aryl methyl sites for hydroxylation is 2. The monoisotopic (exact) mass is 327 g/mol. The van der Waals surface area contributed by atoms with Crippen LogP contribution in [0.5, 0.6) is 0 Å². The summed E-state index contributed by atoms with van der Waals surface area (Å²) >= 11 is 0. The predicted octanol–water partition coefficient (Wildman–Crippen LogP) is 1.58. The van der Waals surface area contributed by atoms with Gasteiger partial charge in [0.05, 0.1) is 4.92 Å². The summed E-state index contributed by atoms with van der Waals surface area (Å²) < 4.78 is 27.2. The Bertz CT molecular complexity index is 702. The summed E-state index contributed by atoms with van der Waals surface area (Å²) in [6.45, 7) is 8.03. The number of sulfonamides is 1. The van der Waals surface area contributed by atoms with Gasteiger partial charge in [-0.2, -0.15) is 4.31 Å². The van der Waals surface area contributed by atoms with Gasteiger partial charge < -0.3 is 5.32 Å². The lowest BCUT2D eigenvalue weighted by Crippen LogP contribution is -2.57. The van der Waals surface area contributed by atoms with Crippen molar-refractivity contribution < 1.29 is 13.3 Å². The van der Waals surface area contributed by atoms with Crippen molar-refractivity contribution in [3.05, 3.63) is 33.4 Å². The molecule has 1 aromatic carbocycles. The van der Waals surface area contributed by atoms with Crippen LogP contribution < -0.4 is 5.32 Å². The molecular weight excluding hydrogens is 306 g/mol. The molecule has 0 aromatic heterocycles. The van der Waals surface area contributed by atoms with Gasteiger partial charge >= 0.3 is 0 Å². The smallest absolute Gasteiger partial charge is 0.289 e. The molecule has 0 amide bonds. The number of nitrogens with one attached hydrogen (secondary N) is 1. The van der Waals surface area contributed by atoms with Crippen LogP contribution in [0.3, 0.4) is 0 Å². The van der Waals surface area contributed by atoms with Crippen molar-refractivity contribution in [3.63, 3.8) is 0 Å². The van der Waals surface area contributed by atoms with E-state index in [1.165, 1.54) is 16.4 Å². The molecule has 2 atom stereocenters. The molecule has 2 unspecified atom stereocenters. The van der Waals surface area contributed by atoms with Crippen LogP contribution in [0.25, 0.3) is 0 Å². The van der Waals surface area contributed by atoms with E-state index in [2.05, 4.69) is 5.32 Å². The zero-order valence-corrected chi connectivity index (χ0v) is 14.0. The number of hydrogen-bond acceptors (Lipinski definition) is 5. The van der Waals surface area contributed by atoms with Crippen molar-refractivity contribution in [2.75, 3.05) is 13.1 Å². The zero-order chi connectivity index (χ0) is 16.7. The second-order valence-corrected chi connectivity index (χ2v) is 7.62. The van der Waals surface area contributed by atoms with Gasteiger partial charge in [0.1, 0.15) is 0 Å². The molecule has 1 heterocycles. The molecule has 2 rings (SSSR count). The van der Waals surface area contributed by atoms with Crippen LogP contribution in [0, 0.1) is 24.0 Å². The largest absolute Gasteiger partial charge is 0.311 e. The minimum absolute atomic E-state index is 0.00544. The first-order chi connectivity index (χ1) is 10.2. The van der Waals surface area contributed by atoms with Crippen molar-refractivity contribution in [2.24, 2.45) is 0 Å². The second kappa shape index (κ2) is 5.94. The fourth-order valence-electron chi connectivity index (χ4n) is 2.62. The first-order valence-corrected chi connectivity index (χ1v) is 8.61. The molecule has 7 nitrogen and oxygen atoms in total. The minimum atomic E-state index is -3.91. The van der Waals surface area contributed by atoms with Crippen LogP contribution in [-0.2, 0) is 10.0 Å². The lowest BCUT2D eigenvalue weighted by Gasteiger charge is -2.37. The van der Waals surface area contributed by atoms with E-state index in [0.29, 0.717) is 18.7 Å². The van der Waals surface area contributed by atoms with Gasteiger partial charge in [-0.3, -0.25) is 10.1 Å². The molecule has 0 saturated carbocycles. The summed E-state index contributed by atoms with van der Waals surface area (Å²) in [5.41, 5.74) is 1.06. The minimum Gasteiger partial charge on any atom is -0.311 e. The first kappa shape index (κ1) is 16.9. The van der Waals surface area contributed by atoms with Crippen molar-refractivity contribution in [1.82, 2.24) is 9.62 Å². The number of piperazine rings is 1. The maximum Gasteiger partial charge on any atom is 0.289 e. The molecule has 1 aromatic rings.